The lowest BCUT2D eigenvalue weighted by Gasteiger charge is -2.43. The number of carbonyl (C=O) groups is 1. The van der Waals surface area contributed by atoms with E-state index in [-0.39, 0.29) is 5.91 Å². The van der Waals surface area contributed by atoms with Gasteiger partial charge in [0.25, 0.3) is 5.91 Å². The van der Waals surface area contributed by atoms with Gasteiger partial charge in [-0.25, -0.2) is 4.68 Å². The molecule has 0 saturated carbocycles. The molecular weight excluding hydrogens is 371 g/mol. The van der Waals surface area contributed by atoms with Crippen LogP contribution in [0.3, 0.4) is 0 Å². The standard InChI is InChI=1S/C19H22Cl2N4O/c1-23-8-2-5-19(23)6-9-24(10-7-19)18(26)14-12-22-25(13-14)17-4-3-15(20)11-16(17)21/h3-4,11-13H,2,5-10H2,1H3. The maximum absolute atomic E-state index is 12.9. The SMILES string of the molecule is CN1CCCC12CCN(C(=O)c1cnn(-c3ccc(Cl)cc3Cl)c1)CC2. The Morgan fingerprint density at radius 2 is 1.92 bits per heavy atom. The molecule has 2 aromatic rings. The third-order valence-corrected chi connectivity index (χ3v) is 6.45. The molecule has 3 heterocycles. The van der Waals surface area contributed by atoms with Crippen LogP contribution in [0.25, 0.3) is 5.69 Å². The van der Waals surface area contributed by atoms with Crippen molar-refractivity contribution in [3.63, 3.8) is 0 Å². The Kier molecular flexibility index (Phi) is 4.71. The molecule has 2 saturated heterocycles. The molecule has 0 atom stereocenters. The summed E-state index contributed by atoms with van der Waals surface area (Å²) in [6, 6.07) is 5.23. The van der Waals surface area contributed by atoms with Crippen LogP contribution in [0.15, 0.2) is 30.6 Å². The number of hydrogen-bond acceptors (Lipinski definition) is 3. The van der Waals surface area contributed by atoms with Crippen LogP contribution >= 0.6 is 23.2 Å². The van der Waals surface area contributed by atoms with Crippen LogP contribution in [0.2, 0.25) is 10.0 Å². The van der Waals surface area contributed by atoms with Crippen LogP contribution in [0.1, 0.15) is 36.0 Å². The highest BCUT2D eigenvalue weighted by Crippen LogP contribution is 2.37. The Bertz CT molecular complexity index is 827. The van der Waals surface area contributed by atoms with Gasteiger partial charge in [-0.1, -0.05) is 23.2 Å². The average Bonchev–Trinajstić information content (AvgIpc) is 3.23. The molecule has 0 bridgehead atoms. The van der Waals surface area contributed by atoms with E-state index in [1.807, 2.05) is 4.90 Å². The summed E-state index contributed by atoms with van der Waals surface area (Å²) in [5.41, 5.74) is 1.60. The second kappa shape index (κ2) is 6.87. The Hall–Kier alpha value is -1.56. The summed E-state index contributed by atoms with van der Waals surface area (Å²) in [6.07, 6.45) is 7.96. The van der Waals surface area contributed by atoms with Crippen LogP contribution in [0, 0.1) is 0 Å². The first kappa shape index (κ1) is 17.8. The lowest BCUT2D eigenvalue weighted by atomic mass is 9.85. The second-order valence-corrected chi connectivity index (χ2v) is 8.15. The molecule has 4 rings (SSSR count). The first-order valence-corrected chi connectivity index (χ1v) is 9.75. The van der Waals surface area contributed by atoms with E-state index in [4.69, 9.17) is 23.2 Å². The number of nitrogens with zero attached hydrogens (tertiary/aromatic N) is 4. The Morgan fingerprint density at radius 3 is 2.58 bits per heavy atom. The van der Waals surface area contributed by atoms with Gasteiger partial charge in [-0.15, -0.1) is 0 Å². The predicted molar refractivity (Wildman–Crippen MR) is 103 cm³/mol. The minimum atomic E-state index is 0.0387. The van der Waals surface area contributed by atoms with Crippen molar-refractivity contribution in [2.45, 2.75) is 31.2 Å². The van der Waals surface area contributed by atoms with Crippen LogP contribution in [0.5, 0.6) is 0 Å². The normalized spacial score (nSPS) is 20.0. The molecule has 1 amide bonds. The van der Waals surface area contributed by atoms with Gasteiger partial charge in [-0.3, -0.25) is 4.79 Å². The van der Waals surface area contributed by atoms with Crippen molar-refractivity contribution in [1.82, 2.24) is 19.6 Å². The van der Waals surface area contributed by atoms with Crippen LogP contribution < -0.4 is 0 Å². The predicted octanol–water partition coefficient (Wildman–Crippen LogP) is 3.88. The highest BCUT2D eigenvalue weighted by molar-refractivity contribution is 6.35. The smallest absolute Gasteiger partial charge is 0.257 e. The van der Waals surface area contributed by atoms with Gasteiger partial charge in [0.15, 0.2) is 0 Å². The van der Waals surface area contributed by atoms with Crippen LogP contribution in [-0.2, 0) is 0 Å². The van der Waals surface area contributed by atoms with E-state index in [2.05, 4.69) is 17.0 Å². The fourth-order valence-corrected chi connectivity index (χ4v) is 4.74. The van der Waals surface area contributed by atoms with Crippen molar-refractivity contribution in [2.24, 2.45) is 0 Å². The number of benzene rings is 1. The van der Waals surface area contributed by atoms with E-state index in [1.165, 1.54) is 19.4 Å². The van der Waals surface area contributed by atoms with Crippen molar-refractivity contribution in [2.75, 3.05) is 26.7 Å². The van der Waals surface area contributed by atoms with Gasteiger partial charge in [0.2, 0.25) is 0 Å². The molecule has 138 valence electrons. The monoisotopic (exact) mass is 392 g/mol. The Balaban J connectivity index is 1.47. The first-order chi connectivity index (χ1) is 12.5. The lowest BCUT2D eigenvalue weighted by molar-refractivity contribution is 0.0492. The summed E-state index contributed by atoms with van der Waals surface area (Å²) in [7, 11) is 2.21. The summed E-state index contributed by atoms with van der Waals surface area (Å²) in [6.45, 7) is 2.77. The molecule has 0 unspecified atom stereocenters. The van der Waals surface area contributed by atoms with Crippen molar-refractivity contribution < 1.29 is 4.79 Å². The number of hydrogen-bond donors (Lipinski definition) is 0. The zero-order valence-corrected chi connectivity index (χ0v) is 16.3. The molecule has 1 aromatic heterocycles. The highest BCUT2D eigenvalue weighted by atomic mass is 35.5. The number of carbonyl (C=O) groups excluding carboxylic acids is 1. The second-order valence-electron chi connectivity index (χ2n) is 7.31. The van der Waals surface area contributed by atoms with Gasteiger partial charge in [0.1, 0.15) is 0 Å². The van der Waals surface area contributed by atoms with E-state index >= 15 is 0 Å². The molecule has 2 fully saturated rings. The molecule has 0 radical (unpaired) electrons. The summed E-state index contributed by atoms with van der Waals surface area (Å²) in [4.78, 5) is 17.3. The van der Waals surface area contributed by atoms with Crippen LogP contribution in [-0.4, -0.2) is 57.7 Å². The molecular formula is C19H22Cl2N4O. The third kappa shape index (κ3) is 3.13. The quantitative estimate of drug-likeness (QED) is 0.778. The number of rotatable bonds is 2. The molecule has 2 aliphatic rings. The molecule has 0 N–H and O–H groups in total. The van der Waals surface area contributed by atoms with E-state index in [9.17, 15) is 4.79 Å². The summed E-state index contributed by atoms with van der Waals surface area (Å²) < 4.78 is 1.63. The summed E-state index contributed by atoms with van der Waals surface area (Å²) in [5, 5.41) is 5.38. The fourth-order valence-electron chi connectivity index (χ4n) is 4.25. The maximum Gasteiger partial charge on any atom is 0.257 e. The van der Waals surface area contributed by atoms with Gasteiger partial charge < -0.3 is 9.80 Å². The van der Waals surface area contributed by atoms with Crippen molar-refractivity contribution >= 4 is 29.1 Å². The molecule has 5 nitrogen and oxygen atoms in total. The zero-order valence-electron chi connectivity index (χ0n) is 14.8. The number of amides is 1. The number of aromatic nitrogens is 2. The van der Waals surface area contributed by atoms with Gasteiger partial charge >= 0.3 is 0 Å². The van der Waals surface area contributed by atoms with Crippen LogP contribution in [0.4, 0.5) is 0 Å². The van der Waals surface area contributed by atoms with Gasteiger partial charge in [-0.05, 0) is 57.5 Å². The number of halogens is 2. The molecule has 0 aliphatic carbocycles. The van der Waals surface area contributed by atoms with Crippen molar-refractivity contribution in [1.29, 1.82) is 0 Å². The lowest BCUT2D eigenvalue weighted by Crippen LogP contribution is -2.51. The Labute approximate surface area is 163 Å². The summed E-state index contributed by atoms with van der Waals surface area (Å²) in [5.74, 6) is 0.0387. The zero-order chi connectivity index (χ0) is 18.3. The maximum atomic E-state index is 12.9. The third-order valence-electron chi connectivity index (χ3n) is 5.91. The molecule has 7 heteroatoms. The molecule has 26 heavy (non-hydrogen) atoms. The van der Waals surface area contributed by atoms with Crippen molar-refractivity contribution in [3.8, 4) is 5.69 Å². The molecule has 2 aliphatic heterocycles. The van der Waals surface area contributed by atoms with E-state index in [0.717, 1.165) is 25.9 Å². The minimum Gasteiger partial charge on any atom is -0.338 e. The van der Waals surface area contributed by atoms with Gasteiger partial charge in [0, 0.05) is 29.8 Å². The largest absolute Gasteiger partial charge is 0.338 e. The Morgan fingerprint density at radius 1 is 1.15 bits per heavy atom. The van der Waals surface area contributed by atoms with Gasteiger partial charge in [0.05, 0.1) is 22.5 Å². The number of piperidine rings is 1. The minimum absolute atomic E-state index is 0.0387. The molecule has 1 aromatic carbocycles. The van der Waals surface area contributed by atoms with Crippen molar-refractivity contribution in [3.05, 3.63) is 46.2 Å². The fraction of sp³-hybridized carbons (Fsp3) is 0.474. The van der Waals surface area contributed by atoms with Gasteiger partial charge in [-0.2, -0.15) is 5.10 Å². The topological polar surface area (TPSA) is 41.4 Å². The first-order valence-electron chi connectivity index (χ1n) is 8.99. The molecule has 1 spiro atoms. The van der Waals surface area contributed by atoms with E-state index in [0.29, 0.717) is 26.8 Å². The van der Waals surface area contributed by atoms with E-state index < -0.39 is 0 Å². The summed E-state index contributed by atoms with van der Waals surface area (Å²) >= 11 is 12.2. The number of likely N-dealkylation sites (tertiary alicyclic amines) is 2. The van der Waals surface area contributed by atoms with E-state index in [1.54, 1.807) is 35.3 Å². The highest BCUT2D eigenvalue weighted by Gasteiger charge is 2.41. The average molecular weight is 393 g/mol.